The zero-order chi connectivity index (χ0) is 14.1. The number of rotatable bonds is 2. The Labute approximate surface area is 130 Å². The standard InChI is InChI=1S/C15H13BrN2OS/c16-13-3-6-15-12(9-13)7-8-18(15)20(19)14-4-1-11(10-17)2-5-14/h1-5,9,15H,6-8H2. The van der Waals surface area contributed by atoms with Gasteiger partial charge >= 0.3 is 0 Å². The van der Waals surface area contributed by atoms with Gasteiger partial charge in [-0.2, -0.15) is 5.26 Å². The number of benzene rings is 1. The largest absolute Gasteiger partial charge is 0.593 e. The van der Waals surface area contributed by atoms with Gasteiger partial charge in [-0.05, 0) is 48.8 Å². The average Bonchev–Trinajstić information content (AvgIpc) is 2.89. The van der Waals surface area contributed by atoms with E-state index in [4.69, 9.17) is 5.26 Å². The maximum atomic E-state index is 12.7. The van der Waals surface area contributed by atoms with Crippen molar-refractivity contribution in [3.63, 3.8) is 0 Å². The van der Waals surface area contributed by atoms with E-state index >= 15 is 0 Å². The van der Waals surface area contributed by atoms with Crippen molar-refractivity contribution in [2.45, 2.75) is 23.8 Å². The van der Waals surface area contributed by atoms with Crippen LogP contribution in [0.1, 0.15) is 18.4 Å². The number of hydrogen-bond acceptors (Lipinski definition) is 3. The highest BCUT2D eigenvalue weighted by Gasteiger charge is 2.38. The molecule has 2 atom stereocenters. The normalized spacial score (nSPS) is 23.6. The molecule has 20 heavy (non-hydrogen) atoms. The summed E-state index contributed by atoms with van der Waals surface area (Å²) >= 11 is 2.34. The van der Waals surface area contributed by atoms with Crippen molar-refractivity contribution in [3.05, 3.63) is 52.0 Å². The Kier molecular flexibility index (Phi) is 3.99. The van der Waals surface area contributed by atoms with Gasteiger partial charge < -0.3 is 4.55 Å². The Morgan fingerprint density at radius 2 is 2.10 bits per heavy atom. The van der Waals surface area contributed by atoms with Crippen LogP contribution in [-0.4, -0.2) is 21.4 Å². The second-order valence-electron chi connectivity index (χ2n) is 4.84. The molecule has 1 heterocycles. The smallest absolute Gasteiger partial charge is 0.174 e. The molecule has 0 bridgehead atoms. The molecule has 0 amide bonds. The molecule has 102 valence electrons. The lowest BCUT2D eigenvalue weighted by molar-refractivity contribution is 0.407. The third-order valence-electron chi connectivity index (χ3n) is 3.65. The second-order valence-corrected chi connectivity index (χ2v) is 7.19. The summed E-state index contributed by atoms with van der Waals surface area (Å²) in [5, 5.41) is 8.80. The zero-order valence-corrected chi connectivity index (χ0v) is 13.2. The Morgan fingerprint density at radius 1 is 1.35 bits per heavy atom. The predicted octanol–water partition coefficient (Wildman–Crippen LogP) is 3.26. The molecule has 0 N–H and O–H groups in total. The summed E-state index contributed by atoms with van der Waals surface area (Å²) in [6.07, 6.45) is 6.14. The number of hydrogen-bond donors (Lipinski definition) is 0. The first-order valence-electron chi connectivity index (χ1n) is 6.44. The lowest BCUT2D eigenvalue weighted by Gasteiger charge is -2.26. The van der Waals surface area contributed by atoms with Crippen LogP contribution >= 0.6 is 15.9 Å². The molecule has 0 spiro atoms. The minimum Gasteiger partial charge on any atom is -0.593 e. The van der Waals surface area contributed by atoms with Gasteiger partial charge in [-0.3, -0.25) is 0 Å². The number of nitriles is 1. The van der Waals surface area contributed by atoms with Crippen LogP contribution in [0.3, 0.4) is 0 Å². The van der Waals surface area contributed by atoms with E-state index < -0.39 is 11.4 Å². The monoisotopic (exact) mass is 348 g/mol. The summed E-state index contributed by atoms with van der Waals surface area (Å²) in [6.45, 7) is 0.817. The Bertz CT molecular complexity index is 618. The minimum absolute atomic E-state index is 0.243. The minimum atomic E-state index is -1.16. The maximum absolute atomic E-state index is 12.7. The summed E-state index contributed by atoms with van der Waals surface area (Å²) in [5.74, 6) is 0. The summed E-state index contributed by atoms with van der Waals surface area (Å²) in [6, 6.07) is 9.33. The molecular formula is C15H13BrN2OS. The van der Waals surface area contributed by atoms with Crippen molar-refractivity contribution in [1.29, 1.82) is 5.26 Å². The van der Waals surface area contributed by atoms with Gasteiger partial charge in [0.15, 0.2) is 4.90 Å². The number of fused-ring (bicyclic) bond motifs is 1. The molecule has 2 aliphatic rings. The second kappa shape index (κ2) is 5.74. The zero-order valence-electron chi connectivity index (χ0n) is 10.8. The van der Waals surface area contributed by atoms with Crippen LogP contribution in [0.5, 0.6) is 0 Å². The van der Waals surface area contributed by atoms with E-state index in [0.717, 1.165) is 28.8 Å². The molecule has 1 saturated heterocycles. The van der Waals surface area contributed by atoms with Gasteiger partial charge in [0.05, 0.1) is 29.0 Å². The van der Waals surface area contributed by atoms with Gasteiger partial charge in [0.2, 0.25) is 0 Å². The molecule has 5 heteroatoms. The van der Waals surface area contributed by atoms with E-state index in [1.54, 1.807) is 24.3 Å². The van der Waals surface area contributed by atoms with Gasteiger partial charge in [0.1, 0.15) is 0 Å². The predicted molar refractivity (Wildman–Crippen MR) is 82.4 cm³/mol. The van der Waals surface area contributed by atoms with Gasteiger partial charge in [-0.1, -0.05) is 22.0 Å². The number of halogens is 1. The van der Waals surface area contributed by atoms with Crippen LogP contribution in [-0.2, 0) is 11.4 Å². The fourth-order valence-electron chi connectivity index (χ4n) is 2.62. The van der Waals surface area contributed by atoms with Crippen LogP contribution in [0, 0.1) is 11.3 Å². The molecule has 3 rings (SSSR count). The van der Waals surface area contributed by atoms with Crippen molar-refractivity contribution in [1.82, 2.24) is 4.31 Å². The summed E-state index contributed by atoms with van der Waals surface area (Å²) in [7, 11) is 0. The quantitative estimate of drug-likeness (QED) is 0.770. The molecule has 1 aromatic rings. The lowest BCUT2D eigenvalue weighted by atomic mass is 10.0. The fourth-order valence-corrected chi connectivity index (χ4v) is 4.45. The van der Waals surface area contributed by atoms with Crippen LogP contribution in [0.4, 0.5) is 0 Å². The molecular weight excluding hydrogens is 336 g/mol. The average molecular weight is 349 g/mol. The molecule has 2 unspecified atom stereocenters. The van der Waals surface area contributed by atoms with E-state index in [0.29, 0.717) is 5.56 Å². The molecule has 1 aromatic carbocycles. The Hall–Kier alpha value is -1.06. The molecule has 0 saturated carbocycles. The Morgan fingerprint density at radius 3 is 2.80 bits per heavy atom. The molecule has 1 aliphatic carbocycles. The highest BCUT2D eigenvalue weighted by atomic mass is 79.9. The van der Waals surface area contributed by atoms with Crippen LogP contribution in [0.25, 0.3) is 0 Å². The van der Waals surface area contributed by atoms with Crippen LogP contribution in [0.15, 0.2) is 51.4 Å². The molecule has 0 aromatic heterocycles. The van der Waals surface area contributed by atoms with E-state index in [1.807, 2.05) is 4.31 Å². The van der Waals surface area contributed by atoms with Crippen LogP contribution in [0.2, 0.25) is 0 Å². The lowest BCUT2D eigenvalue weighted by Crippen LogP contribution is -2.36. The summed E-state index contributed by atoms with van der Waals surface area (Å²) in [4.78, 5) is 0.763. The fraction of sp³-hybridized carbons (Fsp3) is 0.267. The van der Waals surface area contributed by atoms with E-state index in [2.05, 4.69) is 34.2 Å². The van der Waals surface area contributed by atoms with Gasteiger partial charge in [-0.15, -0.1) is 4.31 Å². The number of allylic oxidation sites excluding steroid dienone is 2. The third kappa shape index (κ3) is 2.57. The van der Waals surface area contributed by atoms with Crippen molar-refractivity contribution < 1.29 is 4.55 Å². The summed E-state index contributed by atoms with van der Waals surface area (Å²) < 4.78 is 15.8. The highest BCUT2D eigenvalue weighted by Crippen LogP contribution is 2.36. The first kappa shape index (κ1) is 13.9. The van der Waals surface area contributed by atoms with Gasteiger partial charge in [0, 0.05) is 11.0 Å². The van der Waals surface area contributed by atoms with E-state index in [1.165, 1.54) is 5.57 Å². The maximum Gasteiger partial charge on any atom is 0.174 e. The van der Waals surface area contributed by atoms with E-state index in [-0.39, 0.29) is 6.04 Å². The van der Waals surface area contributed by atoms with Gasteiger partial charge in [-0.25, -0.2) is 0 Å². The topological polar surface area (TPSA) is 50.1 Å². The molecule has 1 fully saturated rings. The molecule has 0 radical (unpaired) electrons. The van der Waals surface area contributed by atoms with Crippen LogP contribution < -0.4 is 0 Å². The summed E-state index contributed by atoms with van der Waals surface area (Å²) in [5.41, 5.74) is 1.94. The molecule has 1 aliphatic heterocycles. The third-order valence-corrected chi connectivity index (χ3v) is 5.75. The molecule has 3 nitrogen and oxygen atoms in total. The highest BCUT2D eigenvalue weighted by molar-refractivity contribution is 9.11. The first-order valence-corrected chi connectivity index (χ1v) is 8.34. The van der Waals surface area contributed by atoms with Gasteiger partial charge in [0.25, 0.3) is 0 Å². The van der Waals surface area contributed by atoms with Crippen molar-refractivity contribution in [2.24, 2.45) is 0 Å². The van der Waals surface area contributed by atoms with Crippen molar-refractivity contribution >= 4 is 27.3 Å². The van der Waals surface area contributed by atoms with Crippen molar-refractivity contribution in [3.8, 4) is 6.07 Å². The number of nitrogens with zero attached hydrogens (tertiary/aromatic N) is 2. The SMILES string of the molecule is N#Cc1ccc([S+]([O-])N2CCC3=CC(Br)=CCC32)cc1. The Balaban J connectivity index is 1.80. The van der Waals surface area contributed by atoms with E-state index in [9.17, 15) is 4.55 Å². The van der Waals surface area contributed by atoms with Crippen molar-refractivity contribution in [2.75, 3.05) is 6.54 Å². The first-order chi connectivity index (χ1) is 9.69.